The standard InChI is InChI=1S/C47H59N9O10S/c1-10-65-39(58)23-56(8)46(63)28(4)52-41(59)27(3)51-38(57)22-50-42(60)34(19-30-21-49-33-16-13-17-37(64-9)40(30)33)53-43(61)35(18-29-20-48-32-15-12-11-14-31(29)32)54-44(62)36-25-67-45(55-36)26(2)24-66-47(5,6)7/h11-17,20-21,25-27,34-35,48-49H,4,10,18-19,22-24H2,1-3,5-9H3,(H,50,60)(H,51,57)(H,52,59)(H,53,61)(H,54,62)/t26-,27-,34+,35+/m1/s1. The molecular weight excluding hydrogens is 883 g/mol. The number of likely N-dealkylation sites (N-methyl/N-ethyl adjacent to an activating group) is 1. The van der Waals surface area contributed by atoms with Crippen LogP contribution in [0.2, 0.25) is 0 Å². The summed E-state index contributed by atoms with van der Waals surface area (Å²) >= 11 is 1.31. The number of carbonyl (C=O) groups excluding carboxylic acids is 7. The van der Waals surface area contributed by atoms with Gasteiger partial charge in [0, 0.05) is 65.4 Å². The van der Waals surface area contributed by atoms with Gasteiger partial charge < -0.3 is 55.7 Å². The smallest absolute Gasteiger partial charge is 0.325 e. The lowest BCUT2D eigenvalue weighted by Gasteiger charge is -2.23. The molecule has 67 heavy (non-hydrogen) atoms. The average Bonchev–Trinajstić information content (AvgIpc) is 4.06. The van der Waals surface area contributed by atoms with Gasteiger partial charge in [0.2, 0.25) is 23.6 Å². The Labute approximate surface area is 392 Å². The van der Waals surface area contributed by atoms with E-state index in [1.807, 2.05) is 58.0 Å². The molecular formula is C47H59N9O10S. The van der Waals surface area contributed by atoms with Gasteiger partial charge in [0.15, 0.2) is 0 Å². The van der Waals surface area contributed by atoms with Crippen molar-refractivity contribution in [1.29, 1.82) is 0 Å². The summed E-state index contributed by atoms with van der Waals surface area (Å²) in [5.74, 6) is -4.57. The zero-order valence-electron chi connectivity index (χ0n) is 38.9. The normalized spacial score (nSPS) is 13.1. The fourth-order valence-electron chi connectivity index (χ4n) is 6.94. The van der Waals surface area contributed by atoms with Crippen molar-refractivity contribution in [3.8, 4) is 5.75 Å². The van der Waals surface area contributed by atoms with E-state index in [1.54, 1.807) is 36.8 Å². The van der Waals surface area contributed by atoms with Gasteiger partial charge in [-0.1, -0.05) is 37.8 Å². The van der Waals surface area contributed by atoms with E-state index in [0.29, 0.717) is 33.8 Å². The molecule has 0 saturated heterocycles. The topological polar surface area (TPSA) is 255 Å². The summed E-state index contributed by atoms with van der Waals surface area (Å²) in [7, 11) is 2.85. The van der Waals surface area contributed by atoms with Crippen LogP contribution in [0.25, 0.3) is 21.8 Å². The first-order valence-corrected chi connectivity index (χ1v) is 22.5. The van der Waals surface area contributed by atoms with Crippen molar-refractivity contribution in [2.75, 3.05) is 40.5 Å². The van der Waals surface area contributed by atoms with Crippen LogP contribution >= 0.6 is 11.3 Å². The van der Waals surface area contributed by atoms with Crippen molar-refractivity contribution in [2.45, 2.75) is 84.0 Å². The van der Waals surface area contributed by atoms with Gasteiger partial charge in [0.1, 0.15) is 36.1 Å². The van der Waals surface area contributed by atoms with Crippen molar-refractivity contribution >= 4 is 74.6 Å². The first kappa shape index (κ1) is 50.9. The Hall–Kier alpha value is -7.06. The fourth-order valence-corrected chi connectivity index (χ4v) is 7.78. The number of ether oxygens (including phenoxy) is 3. The van der Waals surface area contributed by atoms with Crippen LogP contribution in [0.4, 0.5) is 0 Å². The molecule has 0 saturated carbocycles. The number of fused-ring (bicyclic) bond motifs is 2. The summed E-state index contributed by atoms with van der Waals surface area (Å²) in [6, 6.07) is 9.21. The Morgan fingerprint density at radius 2 is 1.54 bits per heavy atom. The number of thiazole rings is 1. The highest BCUT2D eigenvalue weighted by molar-refractivity contribution is 7.09. The van der Waals surface area contributed by atoms with Crippen LogP contribution in [-0.2, 0) is 51.1 Å². The highest BCUT2D eigenvalue weighted by Crippen LogP contribution is 2.30. The van der Waals surface area contributed by atoms with E-state index in [-0.39, 0.29) is 48.9 Å². The zero-order chi connectivity index (χ0) is 49.0. The van der Waals surface area contributed by atoms with Gasteiger partial charge in [-0.3, -0.25) is 33.6 Å². The van der Waals surface area contributed by atoms with E-state index in [0.717, 1.165) is 21.4 Å². The van der Waals surface area contributed by atoms with Crippen LogP contribution in [0.5, 0.6) is 5.75 Å². The molecule has 5 aromatic rings. The molecule has 0 aliphatic rings. The minimum Gasteiger partial charge on any atom is -0.496 e. The maximum absolute atomic E-state index is 14.5. The lowest BCUT2D eigenvalue weighted by molar-refractivity contribution is -0.147. The summed E-state index contributed by atoms with van der Waals surface area (Å²) in [5, 5.41) is 16.9. The Bertz CT molecular complexity index is 2610. The van der Waals surface area contributed by atoms with Gasteiger partial charge in [0.25, 0.3) is 11.8 Å². The van der Waals surface area contributed by atoms with Crippen molar-refractivity contribution < 1.29 is 47.8 Å². The van der Waals surface area contributed by atoms with E-state index in [2.05, 4.69) is 48.1 Å². The van der Waals surface area contributed by atoms with E-state index in [4.69, 9.17) is 14.2 Å². The van der Waals surface area contributed by atoms with Crippen molar-refractivity contribution in [1.82, 2.24) is 46.4 Å². The Morgan fingerprint density at radius 1 is 0.866 bits per heavy atom. The fraction of sp³-hybridized carbons (Fsp3) is 0.404. The number of carbonyl (C=O) groups is 7. The SMILES string of the molecule is C=C(NC(=O)[C@@H](C)NC(=O)CNC(=O)[C@H](Cc1c[nH]c2cccc(OC)c12)NC(=O)[C@H](Cc1c[nH]c2ccccc12)NC(=O)c1csc([C@H](C)COC(C)(C)C)n1)C(=O)N(C)CC(=O)OCC. The quantitative estimate of drug-likeness (QED) is 0.0391. The number of nitrogens with zero attached hydrogens (tertiary/aromatic N) is 2. The summed E-state index contributed by atoms with van der Waals surface area (Å²) in [6.45, 7) is 13.9. The minimum atomic E-state index is -1.30. The number of H-pyrrole nitrogens is 2. The summed E-state index contributed by atoms with van der Waals surface area (Å²) < 4.78 is 16.4. The maximum atomic E-state index is 14.5. The van der Waals surface area contributed by atoms with Crippen molar-refractivity contribution in [3.63, 3.8) is 0 Å². The Balaban J connectivity index is 1.34. The lowest BCUT2D eigenvalue weighted by Crippen LogP contribution is -2.56. The second-order valence-corrected chi connectivity index (χ2v) is 17.8. The number of amides is 6. The van der Waals surface area contributed by atoms with Crippen LogP contribution in [0.15, 0.2) is 72.5 Å². The Morgan fingerprint density at radius 3 is 2.25 bits per heavy atom. The number of aromatic nitrogens is 3. The predicted molar refractivity (Wildman–Crippen MR) is 252 cm³/mol. The monoisotopic (exact) mass is 941 g/mol. The number of hydrogen-bond donors (Lipinski definition) is 7. The number of nitrogens with one attached hydrogen (secondary N) is 7. The van der Waals surface area contributed by atoms with Crippen LogP contribution in [0.3, 0.4) is 0 Å². The molecule has 3 aromatic heterocycles. The molecule has 0 aliphatic carbocycles. The number of para-hydroxylation sites is 1. The molecule has 7 N–H and O–H groups in total. The van der Waals surface area contributed by atoms with Crippen LogP contribution < -0.4 is 31.3 Å². The molecule has 2 aromatic carbocycles. The summed E-state index contributed by atoms with van der Waals surface area (Å²) in [5.41, 5.74) is 2.30. The van der Waals surface area contributed by atoms with E-state index in [1.165, 1.54) is 32.4 Å². The number of methoxy groups -OCH3 is 1. The molecule has 6 amide bonds. The molecule has 3 heterocycles. The third-order valence-corrected chi connectivity index (χ3v) is 11.5. The van der Waals surface area contributed by atoms with Gasteiger partial charge in [0.05, 0.1) is 43.2 Å². The highest BCUT2D eigenvalue weighted by atomic mass is 32.1. The van der Waals surface area contributed by atoms with E-state index >= 15 is 0 Å². The van der Waals surface area contributed by atoms with E-state index in [9.17, 15) is 33.6 Å². The first-order valence-electron chi connectivity index (χ1n) is 21.6. The second-order valence-electron chi connectivity index (χ2n) is 16.9. The molecule has 358 valence electrons. The largest absolute Gasteiger partial charge is 0.496 e. The average molecular weight is 942 g/mol. The Kier molecular flexibility index (Phi) is 17.4. The summed E-state index contributed by atoms with van der Waals surface area (Å²) in [4.78, 5) is 105. The molecule has 0 radical (unpaired) electrons. The first-order chi connectivity index (χ1) is 31.8. The number of rotatable bonds is 22. The molecule has 0 unspecified atom stereocenters. The molecule has 19 nitrogen and oxygen atoms in total. The van der Waals surface area contributed by atoms with Gasteiger partial charge in [-0.05, 0) is 63.9 Å². The van der Waals surface area contributed by atoms with E-state index < -0.39 is 66.1 Å². The van der Waals surface area contributed by atoms with Crippen LogP contribution in [-0.4, -0.2) is 125 Å². The molecule has 0 aliphatic heterocycles. The van der Waals surface area contributed by atoms with Gasteiger partial charge in [-0.15, -0.1) is 11.3 Å². The summed E-state index contributed by atoms with van der Waals surface area (Å²) in [6.07, 6.45) is 3.41. The predicted octanol–water partition coefficient (Wildman–Crippen LogP) is 3.37. The van der Waals surface area contributed by atoms with Gasteiger partial charge in [-0.25, -0.2) is 4.98 Å². The number of aromatic amines is 2. The molecule has 4 atom stereocenters. The van der Waals surface area contributed by atoms with Crippen LogP contribution in [0, 0.1) is 0 Å². The minimum absolute atomic E-state index is 0.0334. The molecule has 20 heteroatoms. The third kappa shape index (κ3) is 14.0. The number of benzene rings is 2. The molecule has 0 fully saturated rings. The van der Waals surface area contributed by atoms with Crippen molar-refractivity contribution in [2.24, 2.45) is 0 Å². The second kappa shape index (κ2) is 22.9. The van der Waals surface area contributed by atoms with Crippen LogP contribution in [0.1, 0.15) is 74.1 Å². The maximum Gasteiger partial charge on any atom is 0.325 e. The molecule has 0 bridgehead atoms. The van der Waals surface area contributed by atoms with Crippen molar-refractivity contribution in [3.05, 3.63) is 94.3 Å². The van der Waals surface area contributed by atoms with Gasteiger partial charge in [-0.2, -0.15) is 0 Å². The number of esters is 1. The number of hydrogen-bond acceptors (Lipinski definition) is 12. The molecule has 5 rings (SSSR count). The van der Waals surface area contributed by atoms with Gasteiger partial charge >= 0.3 is 5.97 Å². The highest BCUT2D eigenvalue weighted by Gasteiger charge is 2.31. The molecule has 0 spiro atoms. The third-order valence-electron chi connectivity index (χ3n) is 10.4. The lowest BCUT2D eigenvalue weighted by atomic mass is 10.0. The zero-order valence-corrected chi connectivity index (χ0v) is 39.7.